The van der Waals surface area contributed by atoms with Gasteiger partial charge in [0, 0.05) is 26.8 Å². The second-order valence-corrected chi connectivity index (χ2v) is 3.41. The number of nitrogens with zero attached hydrogens (tertiary/aromatic N) is 3. The zero-order valence-corrected chi connectivity index (χ0v) is 10.5. The molecule has 0 aliphatic carbocycles. The highest BCUT2D eigenvalue weighted by Crippen LogP contribution is 2.21. The number of hydrogen-bond acceptors (Lipinski definition) is 7. The molecule has 0 aliphatic heterocycles. The summed E-state index contributed by atoms with van der Waals surface area (Å²) in [6.45, 7) is 3.75. The Kier molecular flexibility index (Phi) is 5.78. The summed E-state index contributed by atoms with van der Waals surface area (Å²) in [5, 5.41) is 16.4. The summed E-state index contributed by atoms with van der Waals surface area (Å²) >= 11 is 0. The molecule has 0 unspecified atom stereocenters. The number of anilines is 2. The van der Waals surface area contributed by atoms with Crippen molar-refractivity contribution in [1.29, 1.82) is 0 Å². The Hall–Kier alpha value is -1.96. The summed E-state index contributed by atoms with van der Waals surface area (Å²) in [5.41, 5.74) is -0.134. The molecule has 0 radical (unpaired) electrons. The van der Waals surface area contributed by atoms with Crippen LogP contribution in [0.3, 0.4) is 0 Å². The van der Waals surface area contributed by atoms with Gasteiger partial charge in [-0.15, -0.1) is 0 Å². The molecule has 0 aliphatic rings. The van der Waals surface area contributed by atoms with E-state index in [1.54, 1.807) is 7.05 Å². The van der Waals surface area contributed by atoms with Crippen molar-refractivity contribution in [3.63, 3.8) is 0 Å². The average molecular weight is 255 g/mol. The fourth-order valence-corrected chi connectivity index (χ4v) is 1.28. The molecule has 2 N–H and O–H groups in total. The summed E-state index contributed by atoms with van der Waals surface area (Å²) in [5.74, 6) is 0.559. The van der Waals surface area contributed by atoms with Crippen LogP contribution >= 0.6 is 0 Å². The molecule has 0 amide bonds. The monoisotopic (exact) mass is 255 g/mol. The highest BCUT2D eigenvalue weighted by Gasteiger charge is 2.16. The van der Waals surface area contributed by atoms with Crippen molar-refractivity contribution < 1.29 is 9.66 Å². The molecule has 100 valence electrons. The number of nitrogens with one attached hydrogen (secondary N) is 2. The van der Waals surface area contributed by atoms with Crippen molar-refractivity contribution in [2.45, 2.75) is 13.3 Å². The quantitative estimate of drug-likeness (QED) is 0.409. The fraction of sp³-hybridized carbons (Fsp3) is 0.600. The van der Waals surface area contributed by atoms with Crippen LogP contribution < -0.4 is 10.6 Å². The lowest BCUT2D eigenvalue weighted by molar-refractivity contribution is -0.384. The van der Waals surface area contributed by atoms with Crippen molar-refractivity contribution >= 4 is 17.5 Å². The Labute approximate surface area is 105 Å². The minimum atomic E-state index is -0.510. The molecule has 0 atom stereocenters. The summed E-state index contributed by atoms with van der Waals surface area (Å²) in [7, 11) is 1.65. The summed E-state index contributed by atoms with van der Waals surface area (Å²) in [6.07, 6.45) is 1.94. The summed E-state index contributed by atoms with van der Waals surface area (Å²) in [6, 6.07) is 0. The van der Waals surface area contributed by atoms with Crippen molar-refractivity contribution in [2.24, 2.45) is 0 Å². The number of hydrogen-bond donors (Lipinski definition) is 2. The Morgan fingerprint density at radius 1 is 1.56 bits per heavy atom. The molecule has 1 heterocycles. The van der Waals surface area contributed by atoms with Gasteiger partial charge in [0.25, 0.3) is 0 Å². The topological polar surface area (TPSA) is 102 Å². The predicted molar refractivity (Wildman–Crippen MR) is 67.8 cm³/mol. The third-order valence-corrected chi connectivity index (χ3v) is 2.15. The van der Waals surface area contributed by atoms with Gasteiger partial charge in [-0.25, -0.2) is 4.98 Å². The number of ether oxygens (including phenoxy) is 1. The van der Waals surface area contributed by atoms with Crippen LogP contribution in [0.2, 0.25) is 0 Å². The van der Waals surface area contributed by atoms with Crippen LogP contribution in [0, 0.1) is 10.1 Å². The first kappa shape index (κ1) is 14.1. The normalized spacial score (nSPS) is 10.1. The molecule has 8 heteroatoms. The van der Waals surface area contributed by atoms with E-state index in [1.807, 2.05) is 6.92 Å². The number of nitro groups is 1. The van der Waals surface area contributed by atoms with Crippen LogP contribution in [0.25, 0.3) is 0 Å². The van der Waals surface area contributed by atoms with Crippen molar-refractivity contribution in [3.05, 3.63) is 16.3 Å². The van der Waals surface area contributed by atoms with Crippen LogP contribution in [0.4, 0.5) is 17.5 Å². The van der Waals surface area contributed by atoms with E-state index in [0.29, 0.717) is 25.7 Å². The number of aromatic nitrogens is 2. The van der Waals surface area contributed by atoms with Gasteiger partial charge < -0.3 is 15.4 Å². The molecule has 8 nitrogen and oxygen atoms in total. The predicted octanol–water partition coefficient (Wildman–Crippen LogP) is 1.26. The highest BCUT2D eigenvalue weighted by molar-refractivity contribution is 5.56. The molecule has 0 saturated carbocycles. The smallest absolute Gasteiger partial charge is 0.329 e. The lowest BCUT2D eigenvalue weighted by Gasteiger charge is -2.07. The van der Waals surface area contributed by atoms with Gasteiger partial charge in [-0.05, 0) is 13.3 Å². The minimum absolute atomic E-state index is 0.134. The highest BCUT2D eigenvalue weighted by atomic mass is 16.6. The zero-order chi connectivity index (χ0) is 13.4. The summed E-state index contributed by atoms with van der Waals surface area (Å²) in [4.78, 5) is 18.1. The molecule has 0 bridgehead atoms. The molecule has 0 spiro atoms. The molecule has 0 aromatic carbocycles. The van der Waals surface area contributed by atoms with Crippen LogP contribution in [0.15, 0.2) is 6.20 Å². The second-order valence-electron chi connectivity index (χ2n) is 3.41. The molecular weight excluding hydrogens is 238 g/mol. The molecule has 18 heavy (non-hydrogen) atoms. The van der Waals surface area contributed by atoms with Gasteiger partial charge in [0.05, 0.1) is 4.92 Å². The Morgan fingerprint density at radius 3 is 2.94 bits per heavy atom. The Balaban J connectivity index is 2.63. The van der Waals surface area contributed by atoms with Gasteiger partial charge in [0.15, 0.2) is 0 Å². The van der Waals surface area contributed by atoms with E-state index in [4.69, 9.17) is 4.74 Å². The third-order valence-electron chi connectivity index (χ3n) is 2.15. The molecule has 1 aromatic heterocycles. The minimum Gasteiger partial charge on any atom is -0.382 e. The first-order chi connectivity index (χ1) is 8.69. The molecular formula is C10H17N5O3. The van der Waals surface area contributed by atoms with E-state index in [9.17, 15) is 10.1 Å². The van der Waals surface area contributed by atoms with Crippen molar-refractivity contribution in [2.75, 3.05) is 37.4 Å². The van der Waals surface area contributed by atoms with Crippen LogP contribution in [-0.2, 0) is 4.74 Å². The van der Waals surface area contributed by atoms with E-state index >= 15 is 0 Å². The molecule has 0 fully saturated rings. The van der Waals surface area contributed by atoms with E-state index in [0.717, 1.165) is 6.42 Å². The van der Waals surface area contributed by atoms with Gasteiger partial charge >= 0.3 is 5.69 Å². The maximum absolute atomic E-state index is 10.8. The lowest BCUT2D eigenvalue weighted by Crippen LogP contribution is -2.10. The van der Waals surface area contributed by atoms with Gasteiger partial charge in [0.2, 0.25) is 11.8 Å². The van der Waals surface area contributed by atoms with E-state index in [1.165, 1.54) is 6.20 Å². The van der Waals surface area contributed by atoms with E-state index in [2.05, 4.69) is 20.6 Å². The average Bonchev–Trinajstić information content (AvgIpc) is 2.38. The van der Waals surface area contributed by atoms with Crippen LogP contribution in [0.1, 0.15) is 13.3 Å². The van der Waals surface area contributed by atoms with Crippen LogP contribution in [-0.4, -0.2) is 41.7 Å². The van der Waals surface area contributed by atoms with Gasteiger partial charge in [-0.1, -0.05) is 0 Å². The van der Waals surface area contributed by atoms with Gasteiger partial charge in [0.1, 0.15) is 6.20 Å². The first-order valence-electron chi connectivity index (χ1n) is 5.69. The number of rotatable bonds is 8. The summed E-state index contributed by atoms with van der Waals surface area (Å²) < 4.78 is 5.18. The van der Waals surface area contributed by atoms with E-state index in [-0.39, 0.29) is 11.5 Å². The fourth-order valence-electron chi connectivity index (χ4n) is 1.28. The zero-order valence-electron chi connectivity index (χ0n) is 10.5. The Bertz CT molecular complexity index is 399. The van der Waals surface area contributed by atoms with Crippen LogP contribution in [0.5, 0.6) is 0 Å². The maximum Gasteiger partial charge on any atom is 0.329 e. The second kappa shape index (κ2) is 7.38. The SMILES string of the molecule is CCOCCCNc1nc(NC)ncc1[N+](=O)[O-]. The van der Waals surface area contributed by atoms with E-state index < -0.39 is 4.92 Å². The molecule has 0 saturated heterocycles. The van der Waals surface area contributed by atoms with Gasteiger partial charge in [-0.2, -0.15) is 4.98 Å². The largest absolute Gasteiger partial charge is 0.382 e. The third kappa shape index (κ3) is 4.13. The molecule has 1 aromatic rings. The Morgan fingerprint density at radius 2 is 2.33 bits per heavy atom. The van der Waals surface area contributed by atoms with Crippen molar-refractivity contribution in [1.82, 2.24) is 9.97 Å². The van der Waals surface area contributed by atoms with Crippen molar-refractivity contribution in [3.8, 4) is 0 Å². The maximum atomic E-state index is 10.8. The van der Waals surface area contributed by atoms with Gasteiger partial charge in [-0.3, -0.25) is 10.1 Å². The lowest BCUT2D eigenvalue weighted by atomic mass is 10.4. The molecule has 1 rings (SSSR count). The first-order valence-corrected chi connectivity index (χ1v) is 5.69. The standard InChI is InChI=1S/C10H17N5O3/c1-3-18-6-4-5-12-9-8(15(16)17)7-13-10(11-2)14-9/h7H,3-6H2,1-2H3,(H2,11,12,13,14).